The Morgan fingerprint density at radius 1 is 0.718 bits per heavy atom. The third-order valence-corrected chi connectivity index (χ3v) is 8.00. The van der Waals surface area contributed by atoms with Gasteiger partial charge < -0.3 is 4.57 Å². The fourth-order valence-corrected chi connectivity index (χ4v) is 6.16. The molecule has 3 aromatic carbocycles. The number of nitrogens with zero attached hydrogens (tertiary/aromatic N) is 3. The molecule has 2 aliphatic rings. The minimum atomic E-state index is 0.426. The quantitative estimate of drug-likeness (QED) is 0.244. The van der Waals surface area contributed by atoms with Crippen LogP contribution < -0.4 is 0 Å². The van der Waals surface area contributed by atoms with Crippen LogP contribution >= 0.6 is 0 Å². The van der Waals surface area contributed by atoms with Gasteiger partial charge in [-0.3, -0.25) is 4.98 Å². The first-order valence-corrected chi connectivity index (χ1v) is 13.4. The van der Waals surface area contributed by atoms with Gasteiger partial charge in [0.15, 0.2) is 0 Å². The highest BCUT2D eigenvalue weighted by atomic mass is 15.0. The van der Waals surface area contributed by atoms with Crippen LogP contribution in [0, 0.1) is 0 Å². The van der Waals surface area contributed by atoms with Crippen molar-refractivity contribution in [2.24, 2.45) is 0 Å². The Hall–Kier alpha value is -5.02. The molecule has 1 atom stereocenters. The second-order valence-corrected chi connectivity index (χ2v) is 10.2. The van der Waals surface area contributed by atoms with Crippen molar-refractivity contribution >= 4 is 33.6 Å². The molecule has 6 aromatic rings. The van der Waals surface area contributed by atoms with E-state index in [-0.39, 0.29) is 0 Å². The number of pyridine rings is 2. The van der Waals surface area contributed by atoms with E-state index >= 15 is 0 Å². The minimum absolute atomic E-state index is 0.426. The zero-order valence-corrected chi connectivity index (χ0v) is 21.3. The van der Waals surface area contributed by atoms with E-state index < -0.39 is 0 Å². The van der Waals surface area contributed by atoms with Gasteiger partial charge in [-0.15, -0.1) is 0 Å². The lowest BCUT2D eigenvalue weighted by Crippen LogP contribution is -2.09. The first-order valence-electron chi connectivity index (χ1n) is 13.4. The number of allylic oxidation sites excluding steroid dienone is 5. The van der Waals surface area contributed by atoms with Crippen molar-refractivity contribution in [1.82, 2.24) is 14.5 Å². The van der Waals surface area contributed by atoms with E-state index in [0.29, 0.717) is 5.92 Å². The van der Waals surface area contributed by atoms with Crippen molar-refractivity contribution in [3.63, 3.8) is 0 Å². The van der Waals surface area contributed by atoms with Crippen molar-refractivity contribution in [3.8, 4) is 16.9 Å². The molecule has 0 fully saturated rings. The van der Waals surface area contributed by atoms with Gasteiger partial charge in [0.1, 0.15) is 0 Å². The summed E-state index contributed by atoms with van der Waals surface area (Å²) in [5.41, 5.74) is 12.8. The number of hydrogen-bond donors (Lipinski definition) is 0. The average Bonchev–Trinajstić information content (AvgIpc) is 3.35. The lowest BCUT2D eigenvalue weighted by atomic mass is 9.77. The Bertz CT molecular complexity index is 1950. The fraction of sp³-hybridized carbons (Fsp3) is 0.0556. The largest absolute Gasteiger partial charge is 0.308 e. The van der Waals surface area contributed by atoms with Crippen molar-refractivity contribution in [1.29, 1.82) is 0 Å². The molecule has 3 heterocycles. The van der Waals surface area contributed by atoms with Crippen molar-refractivity contribution in [2.75, 3.05) is 0 Å². The molecule has 0 bridgehead atoms. The van der Waals surface area contributed by atoms with Crippen molar-refractivity contribution in [3.05, 3.63) is 150 Å². The first-order chi connectivity index (χ1) is 19.3. The van der Waals surface area contributed by atoms with E-state index in [0.717, 1.165) is 51.0 Å². The van der Waals surface area contributed by atoms with E-state index in [2.05, 4.69) is 126 Å². The Balaban J connectivity index is 1.18. The smallest absolute Gasteiger partial charge is 0.0963 e. The monoisotopic (exact) mass is 499 g/mol. The lowest BCUT2D eigenvalue weighted by Gasteiger charge is -2.27. The van der Waals surface area contributed by atoms with Gasteiger partial charge in [-0.2, -0.15) is 0 Å². The summed E-state index contributed by atoms with van der Waals surface area (Å²) >= 11 is 0. The fourth-order valence-electron chi connectivity index (χ4n) is 6.16. The van der Waals surface area contributed by atoms with Gasteiger partial charge in [-0.25, -0.2) is 4.98 Å². The highest BCUT2D eigenvalue weighted by molar-refractivity contribution is 6.07. The van der Waals surface area contributed by atoms with Gasteiger partial charge in [0, 0.05) is 28.8 Å². The van der Waals surface area contributed by atoms with Gasteiger partial charge in [0.05, 0.1) is 27.9 Å². The van der Waals surface area contributed by atoms with Crippen LogP contribution in [0.15, 0.2) is 133 Å². The van der Waals surface area contributed by atoms with Gasteiger partial charge in [0.2, 0.25) is 0 Å². The highest BCUT2D eigenvalue weighted by Crippen LogP contribution is 2.41. The normalized spacial score (nSPS) is 16.1. The summed E-state index contributed by atoms with van der Waals surface area (Å²) in [5, 5.41) is 1.16. The van der Waals surface area contributed by atoms with Crippen LogP contribution in [-0.4, -0.2) is 14.5 Å². The molecule has 1 unspecified atom stereocenters. The Morgan fingerprint density at radius 3 is 2.56 bits per heavy atom. The Kier molecular flexibility index (Phi) is 4.95. The summed E-state index contributed by atoms with van der Waals surface area (Å²) in [6, 6.07) is 36.3. The van der Waals surface area contributed by atoms with Crippen molar-refractivity contribution < 1.29 is 0 Å². The highest BCUT2D eigenvalue weighted by Gasteiger charge is 2.23. The molecule has 0 amide bonds. The van der Waals surface area contributed by atoms with Crippen LogP contribution in [-0.2, 0) is 0 Å². The van der Waals surface area contributed by atoms with Crippen LogP contribution in [0.2, 0.25) is 0 Å². The van der Waals surface area contributed by atoms with Crippen LogP contribution in [0.25, 0.3) is 50.5 Å². The summed E-state index contributed by atoms with van der Waals surface area (Å²) in [4.78, 5) is 9.83. The SMILES string of the molecule is C1=Cc2ccccc2C2CC=C(c3cccc(-c4cccc(-n5c6ccccc6c6ncccc65)c4)n3)C=C12. The Labute approximate surface area is 227 Å². The molecule has 3 nitrogen and oxygen atoms in total. The molecule has 3 aromatic heterocycles. The second-order valence-electron chi connectivity index (χ2n) is 10.2. The van der Waals surface area contributed by atoms with Crippen LogP contribution in [0.1, 0.15) is 29.2 Å². The molecule has 0 N–H and O–H groups in total. The van der Waals surface area contributed by atoms with E-state index in [1.54, 1.807) is 0 Å². The molecule has 2 aliphatic carbocycles. The van der Waals surface area contributed by atoms with Crippen LogP contribution in [0.4, 0.5) is 0 Å². The maximum Gasteiger partial charge on any atom is 0.0963 e. The molecule has 3 heteroatoms. The summed E-state index contributed by atoms with van der Waals surface area (Å²) in [6.07, 6.45) is 12.0. The van der Waals surface area contributed by atoms with E-state index in [1.165, 1.54) is 22.3 Å². The summed E-state index contributed by atoms with van der Waals surface area (Å²) < 4.78 is 2.30. The summed E-state index contributed by atoms with van der Waals surface area (Å²) in [5.74, 6) is 0.426. The number of aromatic nitrogens is 3. The third-order valence-electron chi connectivity index (χ3n) is 8.00. The maximum absolute atomic E-state index is 5.14. The van der Waals surface area contributed by atoms with Crippen LogP contribution in [0.5, 0.6) is 0 Å². The molecule has 184 valence electrons. The molecule has 0 radical (unpaired) electrons. The van der Waals surface area contributed by atoms with Gasteiger partial charge in [0.25, 0.3) is 0 Å². The molecular weight excluding hydrogens is 474 g/mol. The average molecular weight is 500 g/mol. The van der Waals surface area contributed by atoms with E-state index in [4.69, 9.17) is 9.97 Å². The van der Waals surface area contributed by atoms with E-state index in [9.17, 15) is 0 Å². The van der Waals surface area contributed by atoms with Gasteiger partial charge in [-0.05, 0) is 77.2 Å². The number of benzene rings is 3. The third kappa shape index (κ3) is 3.58. The number of fused-ring (bicyclic) bond motifs is 6. The zero-order chi connectivity index (χ0) is 25.8. The second kappa shape index (κ2) is 8.78. The summed E-state index contributed by atoms with van der Waals surface area (Å²) in [6.45, 7) is 0. The maximum atomic E-state index is 5.14. The standard InChI is InChI=1S/C36H25N3/c1-2-11-29-24(8-1)17-18-25-22-27(19-20-30(25)29)33-14-6-13-32(38-33)26-9-5-10-28(23-26)39-34-15-4-3-12-31(34)36-35(39)16-7-21-37-36/h1-19,21-23,30H,20H2. The Morgan fingerprint density at radius 2 is 1.56 bits per heavy atom. The molecule has 0 saturated carbocycles. The number of para-hydroxylation sites is 1. The number of hydrogen-bond acceptors (Lipinski definition) is 2. The van der Waals surface area contributed by atoms with Crippen molar-refractivity contribution in [2.45, 2.75) is 12.3 Å². The van der Waals surface area contributed by atoms with E-state index in [1.807, 2.05) is 12.3 Å². The molecule has 8 rings (SSSR count). The molecular formula is C36H25N3. The van der Waals surface area contributed by atoms with Gasteiger partial charge >= 0.3 is 0 Å². The molecule has 0 saturated heterocycles. The minimum Gasteiger partial charge on any atom is -0.308 e. The van der Waals surface area contributed by atoms with Gasteiger partial charge in [-0.1, -0.05) is 78.9 Å². The zero-order valence-electron chi connectivity index (χ0n) is 21.3. The molecule has 0 spiro atoms. The lowest BCUT2D eigenvalue weighted by molar-refractivity contribution is 0.813. The predicted molar refractivity (Wildman–Crippen MR) is 161 cm³/mol. The predicted octanol–water partition coefficient (Wildman–Crippen LogP) is 8.76. The number of rotatable bonds is 3. The van der Waals surface area contributed by atoms with Crippen LogP contribution in [0.3, 0.4) is 0 Å². The molecule has 39 heavy (non-hydrogen) atoms. The first kappa shape index (κ1) is 22.0. The molecule has 0 aliphatic heterocycles. The topological polar surface area (TPSA) is 30.7 Å². The summed E-state index contributed by atoms with van der Waals surface area (Å²) in [7, 11) is 0.